The highest BCUT2D eigenvalue weighted by Crippen LogP contribution is 2.24. The number of methoxy groups -OCH3 is 1. The number of ether oxygens (including phenoxy) is 1. The van der Waals surface area contributed by atoms with Crippen molar-refractivity contribution in [3.05, 3.63) is 57.0 Å². The van der Waals surface area contributed by atoms with Gasteiger partial charge in [0.15, 0.2) is 0 Å². The Morgan fingerprint density at radius 2 is 2.10 bits per heavy atom. The van der Waals surface area contributed by atoms with Crippen LogP contribution < -0.4 is 15.8 Å². The Balaban J connectivity index is 2.03. The fraction of sp³-hybridized carbons (Fsp3) is 0.133. The third kappa shape index (κ3) is 3.89. The lowest BCUT2D eigenvalue weighted by atomic mass is 10.1. The van der Waals surface area contributed by atoms with Gasteiger partial charge in [-0.05, 0) is 51.8 Å². The van der Waals surface area contributed by atoms with Gasteiger partial charge in [-0.2, -0.15) is 0 Å². The van der Waals surface area contributed by atoms with Crippen molar-refractivity contribution in [3.8, 4) is 5.75 Å². The highest BCUT2D eigenvalue weighted by Gasteiger charge is 2.08. The molecule has 0 aliphatic rings. The van der Waals surface area contributed by atoms with Gasteiger partial charge >= 0.3 is 0 Å². The minimum atomic E-state index is -0.196. The van der Waals surface area contributed by atoms with E-state index in [1.54, 1.807) is 37.4 Å². The number of rotatable bonds is 4. The van der Waals surface area contributed by atoms with Crippen LogP contribution in [0.3, 0.4) is 0 Å². The molecule has 0 bridgehead atoms. The molecule has 0 fully saturated rings. The van der Waals surface area contributed by atoms with Crippen molar-refractivity contribution < 1.29 is 9.53 Å². The highest BCUT2D eigenvalue weighted by atomic mass is 79.9. The highest BCUT2D eigenvalue weighted by molar-refractivity contribution is 9.10. The van der Waals surface area contributed by atoms with Gasteiger partial charge in [0, 0.05) is 16.6 Å². The van der Waals surface area contributed by atoms with E-state index in [1.807, 2.05) is 6.07 Å². The number of nitrogens with one attached hydrogen (secondary N) is 1. The maximum atomic E-state index is 12.0. The van der Waals surface area contributed by atoms with E-state index in [0.717, 1.165) is 10.0 Å². The first-order valence-electron chi connectivity index (χ1n) is 6.17. The first kappa shape index (κ1) is 15.7. The number of anilines is 1. The van der Waals surface area contributed by atoms with Crippen LogP contribution in [0.5, 0.6) is 5.75 Å². The van der Waals surface area contributed by atoms with Crippen molar-refractivity contribution >= 4 is 39.1 Å². The topological polar surface area (TPSA) is 64.3 Å². The third-order valence-electron chi connectivity index (χ3n) is 2.93. The molecular formula is C15H14BrClN2O2. The van der Waals surface area contributed by atoms with Crippen LogP contribution in [0.25, 0.3) is 0 Å². The Morgan fingerprint density at radius 1 is 1.33 bits per heavy atom. The summed E-state index contributed by atoms with van der Waals surface area (Å²) < 4.78 is 5.84. The number of benzene rings is 2. The van der Waals surface area contributed by atoms with Gasteiger partial charge in [0.25, 0.3) is 5.91 Å². The third-order valence-corrected chi connectivity index (χ3v) is 4.16. The summed E-state index contributed by atoms with van der Waals surface area (Å²) in [6.07, 6.45) is 0. The average Bonchev–Trinajstić information content (AvgIpc) is 2.47. The number of hydrogen-bond acceptors (Lipinski definition) is 3. The molecule has 110 valence electrons. The summed E-state index contributed by atoms with van der Waals surface area (Å²) in [4.78, 5) is 12.0. The van der Waals surface area contributed by atoms with Gasteiger partial charge in [-0.25, -0.2) is 0 Å². The van der Waals surface area contributed by atoms with Gasteiger partial charge in [-0.1, -0.05) is 17.7 Å². The monoisotopic (exact) mass is 368 g/mol. The second-order valence-electron chi connectivity index (χ2n) is 4.39. The lowest BCUT2D eigenvalue weighted by Crippen LogP contribution is -2.22. The number of nitrogens with two attached hydrogens (primary N) is 1. The summed E-state index contributed by atoms with van der Waals surface area (Å²) in [5.74, 6) is 0.420. The Hall–Kier alpha value is -1.72. The molecule has 1 amide bonds. The minimum absolute atomic E-state index is 0.196. The van der Waals surface area contributed by atoms with Crippen LogP contribution in [0, 0.1) is 0 Å². The summed E-state index contributed by atoms with van der Waals surface area (Å²) in [5, 5.41) is 3.31. The largest absolute Gasteiger partial charge is 0.495 e. The van der Waals surface area contributed by atoms with E-state index in [-0.39, 0.29) is 5.91 Å². The predicted molar refractivity (Wildman–Crippen MR) is 87.7 cm³/mol. The number of carbonyl (C=O) groups excluding carboxylic acids is 1. The molecule has 0 aromatic heterocycles. The fourth-order valence-electron chi connectivity index (χ4n) is 1.82. The smallest absolute Gasteiger partial charge is 0.251 e. The van der Waals surface area contributed by atoms with E-state index in [1.165, 1.54) is 0 Å². The molecule has 2 aromatic carbocycles. The summed E-state index contributed by atoms with van der Waals surface area (Å²) in [6.45, 7) is 0.376. The van der Waals surface area contributed by atoms with E-state index in [9.17, 15) is 4.79 Å². The number of nitrogen functional groups attached to an aromatic ring is 1. The lowest BCUT2D eigenvalue weighted by molar-refractivity contribution is 0.0951. The second kappa shape index (κ2) is 6.83. The van der Waals surface area contributed by atoms with Crippen molar-refractivity contribution in [2.24, 2.45) is 0 Å². The molecule has 3 N–H and O–H groups in total. The lowest BCUT2D eigenvalue weighted by Gasteiger charge is -2.09. The van der Waals surface area contributed by atoms with Gasteiger partial charge in [0.05, 0.1) is 17.8 Å². The summed E-state index contributed by atoms with van der Waals surface area (Å²) >= 11 is 9.26. The number of hydrogen-bond donors (Lipinski definition) is 2. The number of amides is 1. The molecule has 0 saturated carbocycles. The molecule has 4 nitrogen and oxygen atoms in total. The van der Waals surface area contributed by atoms with Gasteiger partial charge in [0.1, 0.15) is 5.75 Å². The summed E-state index contributed by atoms with van der Waals surface area (Å²) in [7, 11) is 1.56. The van der Waals surface area contributed by atoms with Gasteiger partial charge in [-0.15, -0.1) is 0 Å². The SMILES string of the molecule is COc1ccc(CNC(=O)c2ccc(Br)c(Cl)c2)cc1N. The van der Waals surface area contributed by atoms with Crippen molar-refractivity contribution in [1.82, 2.24) is 5.32 Å². The standard InChI is InChI=1S/C15H14BrClN2O2/c1-21-14-5-2-9(6-13(14)18)8-19-15(20)10-3-4-11(16)12(17)7-10/h2-7H,8,18H2,1H3,(H,19,20). The molecule has 21 heavy (non-hydrogen) atoms. The molecule has 0 aliphatic carbocycles. The zero-order chi connectivity index (χ0) is 15.4. The Bertz CT molecular complexity index is 677. The molecule has 0 radical (unpaired) electrons. The Morgan fingerprint density at radius 3 is 2.71 bits per heavy atom. The average molecular weight is 370 g/mol. The quantitative estimate of drug-likeness (QED) is 0.809. The van der Waals surface area contributed by atoms with Crippen molar-refractivity contribution in [2.75, 3.05) is 12.8 Å². The van der Waals surface area contributed by atoms with E-state index < -0.39 is 0 Å². The predicted octanol–water partition coefficient (Wildman–Crippen LogP) is 3.62. The molecule has 0 aliphatic heterocycles. The van der Waals surface area contributed by atoms with Crippen LogP contribution in [0.15, 0.2) is 40.9 Å². The van der Waals surface area contributed by atoms with Crippen molar-refractivity contribution in [3.63, 3.8) is 0 Å². The molecule has 6 heteroatoms. The summed E-state index contributed by atoms with van der Waals surface area (Å²) in [6, 6.07) is 10.4. The fourth-order valence-corrected chi connectivity index (χ4v) is 2.24. The molecular weight excluding hydrogens is 356 g/mol. The van der Waals surface area contributed by atoms with Crippen molar-refractivity contribution in [2.45, 2.75) is 6.54 Å². The van der Waals surface area contributed by atoms with Crippen molar-refractivity contribution in [1.29, 1.82) is 0 Å². The van der Waals surface area contributed by atoms with E-state index in [2.05, 4.69) is 21.2 Å². The minimum Gasteiger partial charge on any atom is -0.495 e. The maximum Gasteiger partial charge on any atom is 0.251 e. The van der Waals surface area contributed by atoms with Gasteiger partial charge in [-0.3, -0.25) is 4.79 Å². The normalized spacial score (nSPS) is 10.2. The molecule has 2 rings (SSSR count). The van der Waals surface area contributed by atoms with Crippen LogP contribution in [0.2, 0.25) is 5.02 Å². The maximum absolute atomic E-state index is 12.0. The van der Waals surface area contributed by atoms with E-state index in [0.29, 0.717) is 28.6 Å². The van der Waals surface area contributed by atoms with Crippen LogP contribution in [-0.4, -0.2) is 13.0 Å². The molecule has 2 aromatic rings. The Kier molecular flexibility index (Phi) is 5.09. The van der Waals surface area contributed by atoms with Crippen LogP contribution in [0.4, 0.5) is 5.69 Å². The van der Waals surface area contributed by atoms with E-state index >= 15 is 0 Å². The summed E-state index contributed by atoms with van der Waals surface area (Å²) in [5.41, 5.74) is 7.76. The molecule has 0 atom stereocenters. The second-order valence-corrected chi connectivity index (χ2v) is 5.65. The zero-order valence-electron chi connectivity index (χ0n) is 11.3. The van der Waals surface area contributed by atoms with Gasteiger partial charge in [0.2, 0.25) is 0 Å². The van der Waals surface area contributed by atoms with E-state index in [4.69, 9.17) is 22.1 Å². The van der Waals surface area contributed by atoms with Gasteiger partial charge < -0.3 is 15.8 Å². The van der Waals surface area contributed by atoms with Crippen LogP contribution in [-0.2, 0) is 6.54 Å². The zero-order valence-corrected chi connectivity index (χ0v) is 13.7. The van der Waals surface area contributed by atoms with Crippen LogP contribution >= 0.6 is 27.5 Å². The van der Waals surface area contributed by atoms with Crippen LogP contribution in [0.1, 0.15) is 15.9 Å². The molecule has 0 saturated heterocycles. The Labute approximate surface area is 136 Å². The number of carbonyl (C=O) groups is 1. The first-order chi connectivity index (χ1) is 10.0. The molecule has 0 heterocycles. The molecule has 0 spiro atoms. The first-order valence-corrected chi connectivity index (χ1v) is 7.34. The molecule has 0 unspecified atom stereocenters. The number of halogens is 2.